The molecule has 6 nitrogen and oxygen atoms in total. The summed E-state index contributed by atoms with van der Waals surface area (Å²) in [6, 6.07) is 8.01. The third-order valence-corrected chi connectivity index (χ3v) is 7.47. The first-order valence-electron chi connectivity index (χ1n) is 8.71. The lowest BCUT2D eigenvalue weighted by Gasteiger charge is -2.22. The summed E-state index contributed by atoms with van der Waals surface area (Å²) in [5.41, 5.74) is 3.57. The molecule has 1 unspecified atom stereocenters. The molecule has 0 bridgehead atoms. The van der Waals surface area contributed by atoms with Crippen LogP contribution >= 0.6 is 50.4 Å². The molecule has 0 N–H and O–H groups in total. The summed E-state index contributed by atoms with van der Waals surface area (Å²) < 4.78 is 7.58. The Morgan fingerprint density at radius 1 is 1.32 bits per heavy atom. The van der Waals surface area contributed by atoms with Gasteiger partial charge in [-0.1, -0.05) is 51.2 Å². The van der Waals surface area contributed by atoms with Crippen molar-refractivity contribution in [1.82, 2.24) is 15.2 Å². The Bertz CT molecular complexity index is 911. The second-order valence-electron chi connectivity index (χ2n) is 6.15. The standard InChI is InChI=1S/C18H17BrN4O2S3/c19-13-5-3-12(4-6-13)15-9-26-17(21-15)23(8-14-2-1-7-25-14)16(24)10-27-18-22-20-11-28-18/h3-6,9,11,14H,1-2,7-8,10H2. The van der Waals surface area contributed by atoms with E-state index in [0.717, 1.165) is 39.5 Å². The van der Waals surface area contributed by atoms with E-state index >= 15 is 0 Å². The zero-order valence-electron chi connectivity index (χ0n) is 14.8. The Morgan fingerprint density at radius 3 is 2.89 bits per heavy atom. The Hall–Kier alpha value is -1.33. The van der Waals surface area contributed by atoms with Crippen LogP contribution in [0.5, 0.6) is 0 Å². The van der Waals surface area contributed by atoms with Crippen LogP contribution in [-0.2, 0) is 9.53 Å². The van der Waals surface area contributed by atoms with E-state index in [1.165, 1.54) is 34.4 Å². The third kappa shape index (κ3) is 4.98. The van der Waals surface area contributed by atoms with Gasteiger partial charge in [0.25, 0.3) is 0 Å². The van der Waals surface area contributed by atoms with Crippen molar-refractivity contribution in [2.45, 2.75) is 23.3 Å². The van der Waals surface area contributed by atoms with E-state index in [-0.39, 0.29) is 12.0 Å². The Morgan fingerprint density at radius 2 is 2.18 bits per heavy atom. The van der Waals surface area contributed by atoms with E-state index in [4.69, 9.17) is 9.72 Å². The highest BCUT2D eigenvalue weighted by molar-refractivity contribution is 9.10. The smallest absolute Gasteiger partial charge is 0.239 e. The Balaban J connectivity index is 1.52. The largest absolute Gasteiger partial charge is 0.376 e. The molecule has 1 atom stereocenters. The maximum absolute atomic E-state index is 13.0. The van der Waals surface area contributed by atoms with Gasteiger partial charge in [-0.2, -0.15) is 0 Å². The van der Waals surface area contributed by atoms with Crippen LogP contribution in [0.3, 0.4) is 0 Å². The number of carbonyl (C=O) groups excluding carboxylic acids is 1. The van der Waals surface area contributed by atoms with Crippen molar-refractivity contribution in [2.24, 2.45) is 0 Å². The number of benzene rings is 1. The number of thioether (sulfide) groups is 1. The molecule has 1 saturated heterocycles. The molecule has 0 aliphatic carbocycles. The minimum Gasteiger partial charge on any atom is -0.376 e. The first-order chi connectivity index (χ1) is 13.7. The van der Waals surface area contributed by atoms with Crippen LogP contribution in [0.1, 0.15) is 12.8 Å². The fourth-order valence-corrected chi connectivity index (χ4v) is 5.34. The first-order valence-corrected chi connectivity index (χ1v) is 12.3. The van der Waals surface area contributed by atoms with Gasteiger partial charge in [-0.25, -0.2) is 4.98 Å². The van der Waals surface area contributed by atoms with Gasteiger partial charge in [-0.3, -0.25) is 9.69 Å². The molecular formula is C18H17BrN4O2S3. The second kappa shape index (κ2) is 9.45. The number of amides is 1. The number of ether oxygens (including phenoxy) is 1. The molecule has 1 aliphatic rings. The Labute approximate surface area is 183 Å². The summed E-state index contributed by atoms with van der Waals surface area (Å²) in [6.07, 6.45) is 2.07. The maximum atomic E-state index is 13.0. The van der Waals surface area contributed by atoms with Gasteiger partial charge in [0, 0.05) is 22.0 Å². The zero-order chi connectivity index (χ0) is 19.3. The monoisotopic (exact) mass is 496 g/mol. The molecule has 1 amide bonds. The molecule has 4 rings (SSSR count). The van der Waals surface area contributed by atoms with Crippen molar-refractivity contribution in [3.05, 3.63) is 39.6 Å². The van der Waals surface area contributed by atoms with Crippen molar-refractivity contribution in [1.29, 1.82) is 0 Å². The van der Waals surface area contributed by atoms with Crippen LogP contribution < -0.4 is 4.90 Å². The lowest BCUT2D eigenvalue weighted by Crippen LogP contribution is -2.38. The first kappa shape index (κ1) is 20.0. The van der Waals surface area contributed by atoms with E-state index in [2.05, 4.69) is 26.1 Å². The number of thiazole rings is 1. The fourth-order valence-electron chi connectivity index (χ4n) is 2.85. The molecule has 3 heterocycles. The van der Waals surface area contributed by atoms with E-state index in [0.29, 0.717) is 17.4 Å². The molecule has 1 aromatic carbocycles. The fraction of sp³-hybridized carbons (Fsp3) is 0.333. The van der Waals surface area contributed by atoms with Gasteiger partial charge in [0.05, 0.1) is 24.1 Å². The van der Waals surface area contributed by atoms with E-state index in [1.54, 1.807) is 10.4 Å². The number of nitrogens with zero attached hydrogens (tertiary/aromatic N) is 4. The number of halogens is 1. The summed E-state index contributed by atoms with van der Waals surface area (Å²) in [5.74, 6) is 0.308. The van der Waals surface area contributed by atoms with Gasteiger partial charge < -0.3 is 4.74 Å². The van der Waals surface area contributed by atoms with Crippen LogP contribution in [0, 0.1) is 0 Å². The molecule has 146 valence electrons. The SMILES string of the molecule is O=C(CSc1nncs1)N(CC1CCCO1)c1nc(-c2ccc(Br)cc2)cs1. The summed E-state index contributed by atoms with van der Waals surface area (Å²) in [7, 11) is 0. The summed E-state index contributed by atoms with van der Waals surface area (Å²) in [6.45, 7) is 1.29. The van der Waals surface area contributed by atoms with Gasteiger partial charge in [0.1, 0.15) is 5.51 Å². The predicted octanol–water partition coefficient (Wildman–Crippen LogP) is 4.73. The molecule has 2 aromatic heterocycles. The van der Waals surface area contributed by atoms with Gasteiger partial charge in [0.15, 0.2) is 9.47 Å². The number of anilines is 1. The van der Waals surface area contributed by atoms with Gasteiger partial charge in [0.2, 0.25) is 5.91 Å². The average molecular weight is 497 g/mol. The van der Waals surface area contributed by atoms with Crippen molar-refractivity contribution in [3.8, 4) is 11.3 Å². The molecule has 3 aromatic rings. The summed E-state index contributed by atoms with van der Waals surface area (Å²) in [4.78, 5) is 19.5. The van der Waals surface area contributed by atoms with Gasteiger partial charge in [-0.15, -0.1) is 21.5 Å². The summed E-state index contributed by atoms with van der Waals surface area (Å²) in [5, 5.41) is 10.5. The maximum Gasteiger partial charge on any atom is 0.239 e. The topological polar surface area (TPSA) is 68.2 Å². The van der Waals surface area contributed by atoms with Gasteiger partial charge in [-0.05, 0) is 25.0 Å². The minimum atomic E-state index is 0.00686. The molecule has 0 saturated carbocycles. The highest BCUT2D eigenvalue weighted by Gasteiger charge is 2.26. The van der Waals surface area contributed by atoms with Crippen molar-refractivity contribution in [3.63, 3.8) is 0 Å². The zero-order valence-corrected chi connectivity index (χ0v) is 18.8. The lowest BCUT2D eigenvalue weighted by atomic mass is 10.2. The van der Waals surface area contributed by atoms with E-state index in [9.17, 15) is 4.79 Å². The number of carbonyl (C=O) groups is 1. The molecule has 10 heteroatoms. The van der Waals surface area contributed by atoms with Crippen LogP contribution in [0.4, 0.5) is 5.13 Å². The highest BCUT2D eigenvalue weighted by Crippen LogP contribution is 2.30. The van der Waals surface area contributed by atoms with Crippen LogP contribution in [0.25, 0.3) is 11.3 Å². The number of aromatic nitrogens is 3. The van der Waals surface area contributed by atoms with Crippen LogP contribution in [0.2, 0.25) is 0 Å². The predicted molar refractivity (Wildman–Crippen MR) is 117 cm³/mol. The van der Waals surface area contributed by atoms with Crippen molar-refractivity contribution >= 4 is 61.4 Å². The van der Waals surface area contributed by atoms with Gasteiger partial charge >= 0.3 is 0 Å². The van der Waals surface area contributed by atoms with E-state index < -0.39 is 0 Å². The molecule has 0 radical (unpaired) electrons. The molecule has 1 fully saturated rings. The average Bonchev–Trinajstić information content (AvgIpc) is 3.47. The molecule has 1 aliphatic heterocycles. The summed E-state index contributed by atoms with van der Waals surface area (Å²) >= 11 is 7.78. The third-order valence-electron chi connectivity index (χ3n) is 4.23. The number of hydrogen-bond acceptors (Lipinski definition) is 8. The normalized spacial score (nSPS) is 16.4. The minimum absolute atomic E-state index is 0.00686. The van der Waals surface area contributed by atoms with Crippen LogP contribution in [0.15, 0.2) is 44.0 Å². The van der Waals surface area contributed by atoms with E-state index in [1.807, 2.05) is 29.6 Å². The Kier molecular flexibility index (Phi) is 6.73. The lowest BCUT2D eigenvalue weighted by molar-refractivity contribution is -0.116. The second-order valence-corrected chi connectivity index (χ2v) is 9.96. The number of hydrogen-bond donors (Lipinski definition) is 0. The number of rotatable bonds is 7. The molecule has 28 heavy (non-hydrogen) atoms. The molecular weight excluding hydrogens is 480 g/mol. The van der Waals surface area contributed by atoms with Crippen molar-refractivity contribution in [2.75, 3.05) is 23.8 Å². The quantitative estimate of drug-likeness (QED) is 0.440. The highest BCUT2D eigenvalue weighted by atomic mass is 79.9. The van der Waals surface area contributed by atoms with Crippen LogP contribution in [-0.4, -0.2) is 46.1 Å². The molecule has 0 spiro atoms. The van der Waals surface area contributed by atoms with Crippen molar-refractivity contribution < 1.29 is 9.53 Å².